The molecular formula is C13H13N5. The second-order valence-corrected chi connectivity index (χ2v) is 3.92. The summed E-state index contributed by atoms with van der Waals surface area (Å²) in [5, 5.41) is 12.2. The van der Waals surface area contributed by atoms with E-state index in [9.17, 15) is 0 Å². The first-order valence-electron chi connectivity index (χ1n) is 5.53. The monoisotopic (exact) mass is 239 g/mol. The Hall–Kier alpha value is -2.61. The summed E-state index contributed by atoms with van der Waals surface area (Å²) >= 11 is 0. The van der Waals surface area contributed by atoms with Crippen LogP contribution < -0.4 is 11.1 Å². The number of pyridine rings is 2. The summed E-state index contributed by atoms with van der Waals surface area (Å²) in [6, 6.07) is 7.56. The Morgan fingerprint density at radius 2 is 2.11 bits per heavy atom. The van der Waals surface area contributed by atoms with Crippen molar-refractivity contribution < 1.29 is 0 Å². The maximum Gasteiger partial charge on any atom is 0.144 e. The second kappa shape index (κ2) is 5.15. The molecule has 0 bridgehead atoms. The third kappa shape index (κ3) is 2.55. The van der Waals surface area contributed by atoms with Crippen molar-refractivity contribution in [2.75, 3.05) is 11.1 Å². The number of nitrogen functional groups attached to an aromatic ring is 1. The minimum absolute atomic E-state index is 0.0382. The fraction of sp³-hybridized carbons (Fsp3) is 0.154. The molecule has 18 heavy (non-hydrogen) atoms. The maximum absolute atomic E-state index is 9.03. The van der Waals surface area contributed by atoms with Crippen molar-refractivity contribution in [3.05, 3.63) is 47.9 Å². The van der Waals surface area contributed by atoms with Crippen LogP contribution in [0.5, 0.6) is 0 Å². The van der Waals surface area contributed by atoms with Crippen molar-refractivity contribution in [3.63, 3.8) is 0 Å². The number of rotatable bonds is 3. The number of hydrogen-bond donors (Lipinski definition) is 2. The van der Waals surface area contributed by atoms with Gasteiger partial charge in [0, 0.05) is 12.4 Å². The van der Waals surface area contributed by atoms with E-state index in [0.717, 1.165) is 5.56 Å². The van der Waals surface area contributed by atoms with Crippen molar-refractivity contribution >= 4 is 11.5 Å². The van der Waals surface area contributed by atoms with Gasteiger partial charge in [0.2, 0.25) is 0 Å². The van der Waals surface area contributed by atoms with Gasteiger partial charge in [0.25, 0.3) is 0 Å². The van der Waals surface area contributed by atoms with E-state index in [1.165, 1.54) is 6.20 Å². The van der Waals surface area contributed by atoms with Gasteiger partial charge in [-0.15, -0.1) is 0 Å². The van der Waals surface area contributed by atoms with E-state index in [-0.39, 0.29) is 6.04 Å². The minimum atomic E-state index is 0.0382. The van der Waals surface area contributed by atoms with Crippen molar-refractivity contribution in [1.29, 1.82) is 5.26 Å². The zero-order valence-electron chi connectivity index (χ0n) is 9.96. The summed E-state index contributed by atoms with van der Waals surface area (Å²) < 4.78 is 0. The summed E-state index contributed by atoms with van der Waals surface area (Å²) in [5.41, 5.74) is 7.59. The van der Waals surface area contributed by atoms with Crippen molar-refractivity contribution in [2.45, 2.75) is 13.0 Å². The lowest BCUT2D eigenvalue weighted by molar-refractivity contribution is 0.870. The van der Waals surface area contributed by atoms with E-state index in [1.807, 2.05) is 19.1 Å². The van der Waals surface area contributed by atoms with Crippen LogP contribution in [-0.4, -0.2) is 9.97 Å². The van der Waals surface area contributed by atoms with Crippen LogP contribution in [0.1, 0.15) is 24.1 Å². The molecule has 5 nitrogen and oxygen atoms in total. The number of nitriles is 1. The van der Waals surface area contributed by atoms with E-state index in [2.05, 4.69) is 21.4 Å². The standard InChI is InChI=1S/C13H13N5/c1-9(10-2-4-16-5-3-10)18-13-11(7-14)6-12(15)8-17-13/h2-6,8-9H,15H2,1H3,(H,17,18). The number of hydrogen-bond acceptors (Lipinski definition) is 5. The molecule has 3 N–H and O–H groups in total. The Morgan fingerprint density at radius 3 is 2.78 bits per heavy atom. The Bertz CT molecular complexity index is 574. The normalized spacial score (nSPS) is 11.6. The highest BCUT2D eigenvalue weighted by atomic mass is 15.0. The topological polar surface area (TPSA) is 87.6 Å². The van der Waals surface area contributed by atoms with Crippen LogP contribution in [0, 0.1) is 11.3 Å². The summed E-state index contributed by atoms with van der Waals surface area (Å²) in [6.07, 6.45) is 4.99. The van der Waals surface area contributed by atoms with Crippen molar-refractivity contribution in [2.24, 2.45) is 0 Å². The second-order valence-electron chi connectivity index (χ2n) is 3.92. The highest BCUT2D eigenvalue weighted by Gasteiger charge is 2.09. The molecule has 5 heteroatoms. The number of aromatic nitrogens is 2. The van der Waals surface area contributed by atoms with E-state index >= 15 is 0 Å². The van der Waals surface area contributed by atoms with Crippen LogP contribution in [0.25, 0.3) is 0 Å². The van der Waals surface area contributed by atoms with E-state index < -0.39 is 0 Å². The van der Waals surface area contributed by atoms with Crippen molar-refractivity contribution in [1.82, 2.24) is 9.97 Å². The Kier molecular flexibility index (Phi) is 3.39. The average Bonchev–Trinajstić information content (AvgIpc) is 2.41. The predicted molar refractivity (Wildman–Crippen MR) is 69.6 cm³/mol. The van der Waals surface area contributed by atoms with Gasteiger partial charge in [-0.3, -0.25) is 4.98 Å². The molecule has 0 fully saturated rings. The van der Waals surface area contributed by atoms with Crippen LogP contribution in [0.4, 0.5) is 11.5 Å². The van der Waals surface area contributed by atoms with Gasteiger partial charge in [-0.25, -0.2) is 4.98 Å². The van der Waals surface area contributed by atoms with Gasteiger partial charge in [0.05, 0.1) is 23.5 Å². The molecule has 90 valence electrons. The summed E-state index contributed by atoms with van der Waals surface area (Å²) in [6.45, 7) is 1.99. The van der Waals surface area contributed by atoms with Gasteiger partial charge < -0.3 is 11.1 Å². The lowest BCUT2D eigenvalue weighted by atomic mass is 10.1. The molecule has 0 saturated heterocycles. The Balaban J connectivity index is 2.22. The van der Waals surface area contributed by atoms with Crippen molar-refractivity contribution in [3.8, 4) is 6.07 Å². The minimum Gasteiger partial charge on any atom is -0.397 e. The zero-order chi connectivity index (χ0) is 13.0. The summed E-state index contributed by atoms with van der Waals surface area (Å²) in [5.74, 6) is 0.538. The largest absolute Gasteiger partial charge is 0.397 e. The molecule has 1 unspecified atom stereocenters. The highest BCUT2D eigenvalue weighted by Crippen LogP contribution is 2.20. The Morgan fingerprint density at radius 1 is 1.39 bits per heavy atom. The number of nitrogens with two attached hydrogens (primary N) is 1. The number of nitrogens with zero attached hydrogens (tertiary/aromatic N) is 3. The average molecular weight is 239 g/mol. The molecule has 2 heterocycles. The lowest BCUT2D eigenvalue weighted by Crippen LogP contribution is -2.09. The SMILES string of the molecule is CC(Nc1ncc(N)cc1C#N)c1ccncc1. The number of nitrogens with one attached hydrogen (secondary N) is 1. The molecule has 2 rings (SSSR count). The molecule has 2 aromatic rings. The molecule has 0 radical (unpaired) electrons. The smallest absolute Gasteiger partial charge is 0.144 e. The zero-order valence-corrected chi connectivity index (χ0v) is 9.96. The molecule has 0 aliphatic rings. The van der Waals surface area contributed by atoms with E-state index in [0.29, 0.717) is 17.1 Å². The highest BCUT2D eigenvalue weighted by molar-refractivity contribution is 5.58. The fourth-order valence-corrected chi connectivity index (χ4v) is 1.62. The molecule has 0 saturated carbocycles. The Labute approximate surface area is 105 Å². The van der Waals surface area contributed by atoms with Gasteiger partial charge in [-0.05, 0) is 30.7 Å². The third-order valence-electron chi connectivity index (χ3n) is 2.59. The fourth-order valence-electron chi connectivity index (χ4n) is 1.62. The van der Waals surface area contributed by atoms with Crippen LogP contribution in [0.2, 0.25) is 0 Å². The summed E-state index contributed by atoms with van der Waals surface area (Å²) in [4.78, 5) is 8.11. The summed E-state index contributed by atoms with van der Waals surface area (Å²) in [7, 11) is 0. The van der Waals surface area contributed by atoms with Crippen LogP contribution in [-0.2, 0) is 0 Å². The van der Waals surface area contributed by atoms with Crippen LogP contribution >= 0.6 is 0 Å². The number of anilines is 2. The molecule has 0 aliphatic carbocycles. The molecular weight excluding hydrogens is 226 g/mol. The van der Waals surface area contributed by atoms with Gasteiger partial charge in [-0.2, -0.15) is 5.26 Å². The lowest BCUT2D eigenvalue weighted by Gasteiger charge is -2.15. The van der Waals surface area contributed by atoms with Gasteiger partial charge in [0.15, 0.2) is 0 Å². The third-order valence-corrected chi connectivity index (χ3v) is 2.59. The molecule has 1 atom stereocenters. The first kappa shape index (κ1) is 11.9. The van der Waals surface area contributed by atoms with E-state index in [4.69, 9.17) is 11.0 Å². The predicted octanol–water partition coefficient (Wildman–Crippen LogP) is 2.10. The van der Waals surface area contributed by atoms with Crippen LogP contribution in [0.15, 0.2) is 36.8 Å². The quantitative estimate of drug-likeness (QED) is 0.856. The molecule has 2 aromatic heterocycles. The van der Waals surface area contributed by atoms with Gasteiger partial charge in [-0.1, -0.05) is 0 Å². The molecule has 0 aromatic carbocycles. The first-order chi connectivity index (χ1) is 8.70. The first-order valence-corrected chi connectivity index (χ1v) is 5.53. The van der Waals surface area contributed by atoms with Crippen LogP contribution in [0.3, 0.4) is 0 Å². The maximum atomic E-state index is 9.03. The van der Waals surface area contributed by atoms with Gasteiger partial charge in [0.1, 0.15) is 11.9 Å². The molecule has 0 amide bonds. The molecule has 0 spiro atoms. The molecule has 0 aliphatic heterocycles. The van der Waals surface area contributed by atoms with E-state index in [1.54, 1.807) is 18.5 Å². The van der Waals surface area contributed by atoms with Gasteiger partial charge >= 0.3 is 0 Å².